The van der Waals surface area contributed by atoms with Crippen molar-refractivity contribution >= 4 is 25.7 Å². The molecule has 1 aromatic carbocycles. The molecule has 32 heavy (non-hydrogen) atoms. The average Bonchev–Trinajstić information content (AvgIpc) is 3.27. The topological polar surface area (TPSA) is 236 Å². The van der Waals surface area contributed by atoms with Gasteiger partial charge in [-0.25, -0.2) is 31.1 Å². The molecule has 0 bridgehead atoms. The maximum absolute atomic E-state index is 14.3. The van der Waals surface area contributed by atoms with Gasteiger partial charge in [0.2, 0.25) is 25.9 Å². The quantitative estimate of drug-likeness (QED) is 0.216. The number of sulfonamides is 2. The van der Waals surface area contributed by atoms with Gasteiger partial charge in [0, 0.05) is 31.4 Å². The van der Waals surface area contributed by atoms with Crippen LogP contribution in [-0.2, 0) is 20.0 Å². The number of benzene rings is 1. The summed E-state index contributed by atoms with van der Waals surface area (Å²) in [7, 11) is -9.16. The molecule has 0 aliphatic carbocycles. The number of tetrazole rings is 1. The number of rotatable bonds is 8. The molecule has 17 heteroatoms. The van der Waals surface area contributed by atoms with Gasteiger partial charge >= 0.3 is 0 Å². The maximum Gasteiger partial charge on any atom is 0.242 e. The van der Waals surface area contributed by atoms with Gasteiger partial charge in [-0.05, 0) is 23.8 Å². The zero-order valence-electron chi connectivity index (χ0n) is 16.7. The first-order valence-electron chi connectivity index (χ1n) is 9.41. The van der Waals surface area contributed by atoms with Gasteiger partial charge in [-0.15, -0.1) is 10.2 Å². The molecule has 9 N–H and O–H groups in total. The first kappa shape index (κ1) is 24.4. The van der Waals surface area contributed by atoms with Crippen LogP contribution in [0.25, 0.3) is 11.4 Å². The summed E-state index contributed by atoms with van der Waals surface area (Å²) in [6, 6.07) is 1.64. The number of hydrogen-bond donors (Lipinski definition) is 6. The minimum absolute atomic E-state index is 0.144. The van der Waals surface area contributed by atoms with E-state index in [0.717, 1.165) is 6.07 Å². The number of piperidine rings is 1. The SMILES string of the molecule is NCC(O)CNS(=O)(=O)c1ccc(N2CC[C@@H](N)[C@@H](F)C2)c(-c2nn[nH]n2)c1S(N)(=O)=O. The standard InChI is InChI=1S/C15H24FN9O5S2/c16-9-7-25(4-3-10(9)18)11-1-2-12(32(29,30)20-6-8(26)5-17)14(31(19,27)28)13(11)15-21-23-24-22-15/h1-2,8-10,20,26H,3-7,17-18H2,(H2,19,27,28)(H,21,22,23,24)/t8?,9-,10+/m0/s1. The number of nitrogens with zero attached hydrogens (tertiary/aromatic N) is 4. The van der Waals surface area contributed by atoms with Crippen LogP contribution in [0.4, 0.5) is 10.1 Å². The highest BCUT2D eigenvalue weighted by molar-refractivity contribution is 7.92. The number of aliphatic hydroxyl groups is 1. The number of primary sulfonamides is 1. The third-order valence-electron chi connectivity index (χ3n) is 4.96. The fraction of sp³-hybridized carbons (Fsp3) is 0.533. The number of hydrogen-bond acceptors (Lipinski definition) is 11. The summed E-state index contributed by atoms with van der Waals surface area (Å²) < 4.78 is 67.3. The summed E-state index contributed by atoms with van der Waals surface area (Å²) in [5.74, 6) is -0.256. The van der Waals surface area contributed by atoms with Crippen molar-refractivity contribution in [3.8, 4) is 11.4 Å². The predicted octanol–water partition coefficient (Wildman–Crippen LogP) is -3.01. The summed E-state index contributed by atoms with van der Waals surface area (Å²) in [6.07, 6.45) is -2.32. The zero-order chi connectivity index (χ0) is 23.7. The van der Waals surface area contributed by atoms with Gasteiger partial charge in [-0.2, -0.15) is 5.21 Å². The highest BCUT2D eigenvalue weighted by atomic mass is 32.2. The van der Waals surface area contributed by atoms with Crippen molar-refractivity contribution < 1.29 is 26.3 Å². The Bertz CT molecular complexity index is 1160. The molecule has 178 valence electrons. The van der Waals surface area contributed by atoms with Crippen LogP contribution < -0.4 is 26.2 Å². The van der Waals surface area contributed by atoms with E-state index in [0.29, 0.717) is 0 Å². The molecule has 1 aliphatic rings. The molecular weight excluding hydrogens is 469 g/mol. The zero-order valence-corrected chi connectivity index (χ0v) is 18.4. The van der Waals surface area contributed by atoms with Gasteiger partial charge in [-0.1, -0.05) is 0 Å². The molecule has 0 spiro atoms. The number of aromatic nitrogens is 4. The largest absolute Gasteiger partial charge is 0.390 e. The molecule has 3 rings (SSSR count). The van der Waals surface area contributed by atoms with Gasteiger partial charge in [0.05, 0.1) is 18.2 Å². The molecule has 3 atom stereocenters. The van der Waals surface area contributed by atoms with Crippen LogP contribution in [0.15, 0.2) is 21.9 Å². The Morgan fingerprint density at radius 1 is 1.34 bits per heavy atom. The first-order valence-corrected chi connectivity index (χ1v) is 12.4. The summed E-state index contributed by atoms with van der Waals surface area (Å²) in [6.45, 7) is -0.582. The normalized spacial score (nSPS) is 21.0. The third-order valence-corrected chi connectivity index (χ3v) is 7.54. The van der Waals surface area contributed by atoms with Crippen LogP contribution >= 0.6 is 0 Å². The second-order valence-electron chi connectivity index (χ2n) is 7.22. The van der Waals surface area contributed by atoms with E-state index in [1.807, 2.05) is 0 Å². The van der Waals surface area contributed by atoms with Crippen molar-refractivity contribution in [2.45, 2.75) is 34.5 Å². The number of alkyl halides is 1. The van der Waals surface area contributed by atoms with Crippen molar-refractivity contribution in [2.24, 2.45) is 16.6 Å². The second-order valence-corrected chi connectivity index (χ2v) is 10.5. The predicted molar refractivity (Wildman–Crippen MR) is 111 cm³/mol. The van der Waals surface area contributed by atoms with E-state index >= 15 is 0 Å². The molecule has 2 heterocycles. The molecule has 1 fully saturated rings. The highest BCUT2D eigenvalue weighted by Gasteiger charge is 2.35. The van der Waals surface area contributed by atoms with Crippen LogP contribution in [-0.4, -0.2) is 87.1 Å². The van der Waals surface area contributed by atoms with Crippen molar-refractivity contribution in [3.05, 3.63) is 12.1 Å². The van der Waals surface area contributed by atoms with E-state index in [9.17, 15) is 26.3 Å². The summed E-state index contributed by atoms with van der Waals surface area (Å²) in [4.78, 5) is 0.0193. The number of aromatic amines is 1. The van der Waals surface area contributed by atoms with Crippen LogP contribution in [0.1, 0.15) is 6.42 Å². The minimum Gasteiger partial charge on any atom is -0.390 e. The molecule has 0 saturated carbocycles. The number of nitrogens with two attached hydrogens (primary N) is 3. The number of halogens is 1. The fourth-order valence-electron chi connectivity index (χ4n) is 3.30. The minimum atomic E-state index is -4.68. The van der Waals surface area contributed by atoms with Crippen LogP contribution in [0.3, 0.4) is 0 Å². The molecule has 0 amide bonds. The average molecular weight is 494 g/mol. The lowest BCUT2D eigenvalue weighted by Gasteiger charge is -2.35. The van der Waals surface area contributed by atoms with Crippen molar-refractivity contribution in [1.82, 2.24) is 25.3 Å². The van der Waals surface area contributed by atoms with Gasteiger partial charge in [0.1, 0.15) is 16.0 Å². The van der Waals surface area contributed by atoms with E-state index in [4.69, 9.17) is 16.6 Å². The molecule has 0 radical (unpaired) electrons. The Balaban J connectivity index is 2.23. The lowest BCUT2D eigenvalue weighted by atomic mass is 10.0. The molecule has 14 nitrogen and oxygen atoms in total. The molecule has 1 saturated heterocycles. The Morgan fingerprint density at radius 2 is 2.06 bits per heavy atom. The monoisotopic (exact) mass is 493 g/mol. The van der Waals surface area contributed by atoms with Gasteiger partial charge in [0.25, 0.3) is 0 Å². The van der Waals surface area contributed by atoms with Crippen LogP contribution in [0.2, 0.25) is 0 Å². The van der Waals surface area contributed by atoms with Gasteiger partial charge < -0.3 is 21.5 Å². The van der Waals surface area contributed by atoms with Crippen molar-refractivity contribution in [1.29, 1.82) is 0 Å². The van der Waals surface area contributed by atoms with E-state index < -0.39 is 54.7 Å². The fourth-order valence-corrected chi connectivity index (χ4v) is 5.97. The molecule has 1 unspecified atom stereocenters. The van der Waals surface area contributed by atoms with E-state index in [-0.39, 0.29) is 43.1 Å². The Morgan fingerprint density at radius 3 is 2.62 bits per heavy atom. The number of H-pyrrole nitrogens is 1. The van der Waals surface area contributed by atoms with Crippen LogP contribution in [0.5, 0.6) is 0 Å². The Kier molecular flexibility index (Phi) is 7.08. The van der Waals surface area contributed by atoms with E-state index in [1.54, 1.807) is 0 Å². The van der Waals surface area contributed by atoms with Crippen molar-refractivity contribution in [3.63, 3.8) is 0 Å². The van der Waals surface area contributed by atoms with Gasteiger partial charge in [0.15, 0.2) is 0 Å². The second kappa shape index (κ2) is 9.30. The maximum atomic E-state index is 14.3. The van der Waals surface area contributed by atoms with E-state index in [1.165, 1.54) is 11.0 Å². The van der Waals surface area contributed by atoms with Crippen molar-refractivity contribution in [2.75, 3.05) is 31.1 Å². The summed E-state index contributed by atoms with van der Waals surface area (Å²) >= 11 is 0. The number of aliphatic hydroxyl groups excluding tert-OH is 1. The molecular formula is C15H24FN9O5S2. The van der Waals surface area contributed by atoms with Gasteiger partial charge in [-0.3, -0.25) is 0 Å². The smallest absolute Gasteiger partial charge is 0.242 e. The number of anilines is 1. The van der Waals surface area contributed by atoms with E-state index in [2.05, 4.69) is 25.3 Å². The van der Waals surface area contributed by atoms with Crippen LogP contribution in [0, 0.1) is 0 Å². The Hall–Kier alpha value is -2.28. The summed E-state index contributed by atoms with van der Waals surface area (Å²) in [5, 5.41) is 28.1. The first-order chi connectivity index (χ1) is 15.0. The lowest BCUT2D eigenvalue weighted by molar-refractivity contribution is 0.186. The molecule has 2 aromatic rings. The highest BCUT2D eigenvalue weighted by Crippen LogP contribution is 2.39. The Labute approximate surface area is 183 Å². The lowest BCUT2D eigenvalue weighted by Crippen LogP contribution is -2.48. The number of nitrogens with one attached hydrogen (secondary N) is 2. The molecule has 1 aromatic heterocycles. The summed E-state index contributed by atoms with van der Waals surface area (Å²) in [5.41, 5.74) is 10.9. The molecule has 1 aliphatic heterocycles. The third kappa shape index (κ3) is 5.03.